The van der Waals surface area contributed by atoms with E-state index in [1.807, 2.05) is 49.2 Å². The molecule has 7 heteroatoms. The minimum Gasteiger partial charge on any atom is -0.497 e. The van der Waals surface area contributed by atoms with Gasteiger partial charge in [-0.05, 0) is 31.5 Å². The molecule has 0 saturated heterocycles. The molecule has 7 nitrogen and oxygen atoms in total. The van der Waals surface area contributed by atoms with Crippen LogP contribution in [0.2, 0.25) is 0 Å². The summed E-state index contributed by atoms with van der Waals surface area (Å²) in [5, 5.41) is 7.63. The van der Waals surface area contributed by atoms with Crippen LogP contribution in [0.3, 0.4) is 0 Å². The lowest BCUT2D eigenvalue weighted by atomic mass is 10.2. The highest BCUT2D eigenvalue weighted by Crippen LogP contribution is 2.25. The quantitative estimate of drug-likeness (QED) is 0.579. The summed E-state index contributed by atoms with van der Waals surface area (Å²) in [6, 6.07) is 5.85. The van der Waals surface area contributed by atoms with Gasteiger partial charge in [-0.1, -0.05) is 0 Å². The van der Waals surface area contributed by atoms with Gasteiger partial charge in [-0.3, -0.25) is 9.67 Å². The number of aromatic nitrogens is 2. The maximum Gasteiger partial charge on any atom is 0.194 e. The van der Waals surface area contributed by atoms with Gasteiger partial charge in [-0.25, -0.2) is 0 Å². The van der Waals surface area contributed by atoms with Crippen molar-refractivity contribution in [1.82, 2.24) is 20.0 Å². The molecule has 0 saturated carbocycles. The lowest BCUT2D eigenvalue weighted by molar-refractivity contribution is 0.382. The number of benzene rings is 1. The number of aryl methyl sites for hydroxylation is 1. The van der Waals surface area contributed by atoms with Gasteiger partial charge in [-0.2, -0.15) is 5.10 Å². The van der Waals surface area contributed by atoms with Gasteiger partial charge in [0, 0.05) is 38.0 Å². The number of aliphatic imine (C=N–C) groups is 1. The van der Waals surface area contributed by atoms with Crippen LogP contribution in [-0.4, -0.2) is 55.0 Å². The van der Waals surface area contributed by atoms with Gasteiger partial charge in [-0.15, -0.1) is 0 Å². The highest BCUT2D eigenvalue weighted by Gasteiger charge is 2.11. The third kappa shape index (κ3) is 5.40. The SMILES string of the molecule is CCNC(=NCCn1cc(C)cn1)N(C)Cc1ccc(OC)cc1OC. The second-order valence-electron chi connectivity index (χ2n) is 6.05. The van der Waals surface area contributed by atoms with Gasteiger partial charge in [0.2, 0.25) is 0 Å². The van der Waals surface area contributed by atoms with Crippen molar-refractivity contribution in [3.63, 3.8) is 0 Å². The molecule has 0 fully saturated rings. The molecule has 142 valence electrons. The molecule has 0 aliphatic rings. The number of nitrogens with one attached hydrogen (secondary N) is 1. The fraction of sp³-hybridized carbons (Fsp3) is 0.474. The normalized spacial score (nSPS) is 11.3. The summed E-state index contributed by atoms with van der Waals surface area (Å²) in [6.07, 6.45) is 3.88. The predicted molar refractivity (Wildman–Crippen MR) is 104 cm³/mol. The van der Waals surface area contributed by atoms with Gasteiger partial charge in [0.15, 0.2) is 5.96 Å². The highest BCUT2D eigenvalue weighted by atomic mass is 16.5. The monoisotopic (exact) mass is 359 g/mol. The van der Waals surface area contributed by atoms with Crippen LogP contribution in [0.1, 0.15) is 18.1 Å². The first-order valence-electron chi connectivity index (χ1n) is 8.76. The zero-order valence-electron chi connectivity index (χ0n) is 16.3. The smallest absolute Gasteiger partial charge is 0.194 e. The Morgan fingerprint density at radius 2 is 2.12 bits per heavy atom. The first-order valence-corrected chi connectivity index (χ1v) is 8.76. The molecule has 1 aromatic heterocycles. The molecule has 26 heavy (non-hydrogen) atoms. The number of guanidine groups is 1. The van der Waals surface area contributed by atoms with Crippen LogP contribution < -0.4 is 14.8 Å². The molecule has 2 aromatic rings. The fourth-order valence-corrected chi connectivity index (χ4v) is 2.63. The largest absolute Gasteiger partial charge is 0.497 e. The highest BCUT2D eigenvalue weighted by molar-refractivity contribution is 5.79. The molecule has 0 radical (unpaired) electrons. The van der Waals surface area contributed by atoms with Crippen LogP contribution in [0.5, 0.6) is 11.5 Å². The van der Waals surface area contributed by atoms with Crippen molar-refractivity contribution in [2.45, 2.75) is 26.9 Å². The van der Waals surface area contributed by atoms with E-state index in [4.69, 9.17) is 14.5 Å². The van der Waals surface area contributed by atoms with Gasteiger partial charge in [0.25, 0.3) is 0 Å². The lowest BCUT2D eigenvalue weighted by Crippen LogP contribution is -2.38. The molecule has 0 unspecified atom stereocenters. The van der Waals surface area contributed by atoms with Crippen molar-refractivity contribution < 1.29 is 9.47 Å². The third-order valence-corrected chi connectivity index (χ3v) is 3.95. The number of methoxy groups -OCH3 is 2. The topological polar surface area (TPSA) is 63.9 Å². The Balaban J connectivity index is 2.05. The molecule has 0 atom stereocenters. The third-order valence-electron chi connectivity index (χ3n) is 3.95. The van der Waals surface area contributed by atoms with E-state index in [0.717, 1.165) is 41.7 Å². The van der Waals surface area contributed by atoms with E-state index in [0.29, 0.717) is 13.1 Å². The lowest BCUT2D eigenvalue weighted by Gasteiger charge is -2.23. The Hall–Kier alpha value is -2.70. The molecule has 0 bridgehead atoms. The van der Waals surface area contributed by atoms with E-state index in [2.05, 4.69) is 22.2 Å². The van der Waals surface area contributed by atoms with Crippen molar-refractivity contribution in [1.29, 1.82) is 0 Å². The van der Waals surface area contributed by atoms with Crippen LogP contribution in [0.25, 0.3) is 0 Å². The second-order valence-corrected chi connectivity index (χ2v) is 6.05. The zero-order chi connectivity index (χ0) is 18.9. The van der Waals surface area contributed by atoms with Crippen molar-refractivity contribution in [3.05, 3.63) is 41.7 Å². The van der Waals surface area contributed by atoms with Crippen molar-refractivity contribution in [2.75, 3.05) is 34.4 Å². The molecule has 0 aliphatic carbocycles. The Kier molecular flexibility index (Phi) is 7.32. The zero-order valence-corrected chi connectivity index (χ0v) is 16.3. The van der Waals surface area contributed by atoms with Crippen LogP contribution >= 0.6 is 0 Å². The van der Waals surface area contributed by atoms with E-state index in [-0.39, 0.29) is 0 Å². The Labute approximate surface area is 155 Å². The Bertz CT molecular complexity index is 726. The minimum atomic E-state index is 0.660. The summed E-state index contributed by atoms with van der Waals surface area (Å²) in [4.78, 5) is 6.79. The molecule has 1 N–H and O–H groups in total. The first kappa shape index (κ1) is 19.6. The van der Waals surface area contributed by atoms with Crippen molar-refractivity contribution >= 4 is 5.96 Å². The number of hydrogen-bond acceptors (Lipinski definition) is 4. The minimum absolute atomic E-state index is 0.660. The second kappa shape index (κ2) is 9.70. The van der Waals surface area contributed by atoms with Gasteiger partial charge < -0.3 is 19.7 Å². The van der Waals surface area contributed by atoms with Gasteiger partial charge in [0.05, 0.1) is 33.5 Å². The Morgan fingerprint density at radius 3 is 2.73 bits per heavy atom. The maximum atomic E-state index is 5.49. The fourth-order valence-electron chi connectivity index (χ4n) is 2.63. The molecular weight excluding hydrogens is 330 g/mol. The van der Waals surface area contributed by atoms with Crippen LogP contribution in [0, 0.1) is 6.92 Å². The van der Waals surface area contributed by atoms with Gasteiger partial charge >= 0.3 is 0 Å². The van der Waals surface area contributed by atoms with Crippen LogP contribution in [0.15, 0.2) is 35.6 Å². The van der Waals surface area contributed by atoms with Crippen LogP contribution in [0.4, 0.5) is 0 Å². The molecule has 0 amide bonds. The average molecular weight is 359 g/mol. The first-order chi connectivity index (χ1) is 12.6. The summed E-state index contributed by atoms with van der Waals surface area (Å²) in [7, 11) is 5.34. The molecule has 0 aliphatic heterocycles. The van der Waals surface area contributed by atoms with E-state index < -0.39 is 0 Å². The van der Waals surface area contributed by atoms with Crippen molar-refractivity contribution in [2.24, 2.45) is 4.99 Å². The maximum absolute atomic E-state index is 5.49. The summed E-state index contributed by atoms with van der Waals surface area (Å²) in [6.45, 7) is 7.00. The molecule has 0 spiro atoms. The number of hydrogen-bond donors (Lipinski definition) is 1. The number of ether oxygens (including phenoxy) is 2. The Morgan fingerprint density at radius 1 is 1.31 bits per heavy atom. The number of rotatable bonds is 8. The van der Waals surface area contributed by atoms with Crippen molar-refractivity contribution in [3.8, 4) is 11.5 Å². The molecule has 1 aromatic carbocycles. The summed E-state index contributed by atoms with van der Waals surface area (Å²) in [5.41, 5.74) is 2.23. The van der Waals surface area contributed by atoms with Crippen LogP contribution in [-0.2, 0) is 13.1 Å². The van der Waals surface area contributed by atoms with E-state index in [1.54, 1.807) is 14.2 Å². The summed E-state index contributed by atoms with van der Waals surface area (Å²) >= 11 is 0. The predicted octanol–water partition coefficient (Wildman–Crippen LogP) is 2.31. The molecule has 2 rings (SSSR count). The molecule has 1 heterocycles. The standard InChI is InChI=1S/C19H29N5O2/c1-6-20-19(21-9-10-24-13-15(2)12-22-24)23(3)14-16-7-8-17(25-4)11-18(16)26-5/h7-8,11-13H,6,9-10,14H2,1-5H3,(H,20,21). The number of nitrogens with zero attached hydrogens (tertiary/aromatic N) is 4. The van der Waals surface area contributed by atoms with E-state index in [1.165, 1.54) is 0 Å². The summed E-state index contributed by atoms with van der Waals surface area (Å²) in [5.74, 6) is 2.44. The van der Waals surface area contributed by atoms with Gasteiger partial charge in [0.1, 0.15) is 11.5 Å². The average Bonchev–Trinajstić information content (AvgIpc) is 3.06. The van der Waals surface area contributed by atoms with E-state index in [9.17, 15) is 0 Å². The van der Waals surface area contributed by atoms with E-state index >= 15 is 0 Å². The summed E-state index contributed by atoms with van der Waals surface area (Å²) < 4.78 is 12.7. The molecular formula is C19H29N5O2.